The molecule has 8 heteroatoms. The first-order valence-electron chi connectivity index (χ1n) is 10.6. The van der Waals surface area contributed by atoms with Gasteiger partial charge < -0.3 is 30.2 Å². The number of nitrogens with one attached hydrogen (secondary N) is 3. The number of methoxy groups -OCH3 is 1. The van der Waals surface area contributed by atoms with Crippen molar-refractivity contribution >= 4 is 17.6 Å². The quantitative estimate of drug-likeness (QED) is 0.243. The summed E-state index contributed by atoms with van der Waals surface area (Å²) in [5, 5.41) is 9.38. The minimum atomic E-state index is 0.0126. The third-order valence-corrected chi connectivity index (χ3v) is 3.73. The van der Waals surface area contributed by atoms with E-state index in [2.05, 4.69) is 20.9 Å². The molecule has 0 fully saturated rings. The van der Waals surface area contributed by atoms with Crippen LogP contribution in [-0.2, 0) is 14.3 Å². The van der Waals surface area contributed by atoms with E-state index in [1.165, 1.54) is 0 Å². The first-order valence-corrected chi connectivity index (χ1v) is 10.6. The minimum Gasteiger partial charge on any atom is -0.491 e. The van der Waals surface area contributed by atoms with Crippen LogP contribution < -0.4 is 20.7 Å². The number of amides is 1. The number of carbonyl (C=O) groups excluding carboxylic acids is 1. The van der Waals surface area contributed by atoms with Gasteiger partial charge in [-0.25, -0.2) is 0 Å². The van der Waals surface area contributed by atoms with Crippen molar-refractivity contribution in [1.29, 1.82) is 0 Å². The fourth-order valence-electron chi connectivity index (χ4n) is 2.46. The average Bonchev–Trinajstić information content (AvgIpc) is 2.67. The second-order valence-corrected chi connectivity index (χ2v) is 7.40. The van der Waals surface area contributed by atoms with E-state index >= 15 is 0 Å². The fourth-order valence-corrected chi connectivity index (χ4v) is 2.46. The number of nitrogens with zero attached hydrogens (tertiary/aromatic N) is 1. The third-order valence-electron chi connectivity index (χ3n) is 3.73. The summed E-state index contributed by atoms with van der Waals surface area (Å²) in [5.41, 5.74) is 0.889. The van der Waals surface area contributed by atoms with Gasteiger partial charge >= 0.3 is 0 Å². The highest BCUT2D eigenvalue weighted by atomic mass is 16.5. The van der Waals surface area contributed by atoms with Gasteiger partial charge in [0.1, 0.15) is 5.75 Å². The number of aliphatic imine (C=N–C) groups is 1. The van der Waals surface area contributed by atoms with Crippen molar-refractivity contribution in [3.8, 4) is 5.75 Å². The normalized spacial score (nSPS) is 11.6. The minimum absolute atomic E-state index is 0.0126. The Hall–Kier alpha value is -2.32. The molecule has 8 nitrogen and oxygen atoms in total. The maximum absolute atomic E-state index is 11.9. The van der Waals surface area contributed by atoms with Gasteiger partial charge in [-0.3, -0.25) is 9.79 Å². The lowest BCUT2D eigenvalue weighted by molar-refractivity contribution is -0.121. The molecule has 0 saturated heterocycles. The smallest absolute Gasteiger partial charge is 0.221 e. The van der Waals surface area contributed by atoms with Crippen LogP contribution in [0.3, 0.4) is 0 Å². The van der Waals surface area contributed by atoms with E-state index < -0.39 is 0 Å². The highest BCUT2D eigenvalue weighted by Crippen LogP contribution is 2.16. The van der Waals surface area contributed by atoms with E-state index in [0.29, 0.717) is 45.3 Å². The summed E-state index contributed by atoms with van der Waals surface area (Å²) >= 11 is 0. The largest absolute Gasteiger partial charge is 0.491 e. The molecule has 0 atom stereocenters. The zero-order valence-corrected chi connectivity index (χ0v) is 19.0. The van der Waals surface area contributed by atoms with Gasteiger partial charge in [0.05, 0.1) is 19.3 Å². The van der Waals surface area contributed by atoms with E-state index in [1.807, 2.05) is 52.0 Å². The van der Waals surface area contributed by atoms with E-state index in [9.17, 15) is 4.79 Å². The average molecular weight is 423 g/mol. The molecule has 1 aromatic rings. The van der Waals surface area contributed by atoms with Gasteiger partial charge in [-0.1, -0.05) is 0 Å². The van der Waals surface area contributed by atoms with E-state index in [4.69, 9.17) is 14.2 Å². The molecule has 1 amide bonds. The molecule has 1 aromatic carbocycles. The van der Waals surface area contributed by atoms with Gasteiger partial charge in [0, 0.05) is 45.0 Å². The maximum Gasteiger partial charge on any atom is 0.221 e. The summed E-state index contributed by atoms with van der Waals surface area (Å²) in [6, 6.07) is 7.84. The van der Waals surface area contributed by atoms with Gasteiger partial charge in [-0.05, 0) is 58.4 Å². The van der Waals surface area contributed by atoms with Crippen LogP contribution in [0.5, 0.6) is 5.75 Å². The molecular formula is C22H38N4O4. The van der Waals surface area contributed by atoms with Crippen molar-refractivity contribution in [2.45, 2.75) is 52.7 Å². The van der Waals surface area contributed by atoms with Gasteiger partial charge in [-0.2, -0.15) is 0 Å². The molecule has 0 aliphatic carbocycles. The lowest BCUT2D eigenvalue weighted by atomic mass is 10.3. The number of anilines is 1. The number of hydrogen-bond donors (Lipinski definition) is 3. The zero-order chi connectivity index (χ0) is 22.2. The summed E-state index contributed by atoms with van der Waals surface area (Å²) in [5.74, 6) is 1.46. The van der Waals surface area contributed by atoms with Crippen molar-refractivity contribution < 1.29 is 19.0 Å². The highest BCUT2D eigenvalue weighted by molar-refractivity contribution is 5.93. The molecule has 170 valence electrons. The lowest BCUT2D eigenvalue weighted by Gasteiger charge is -2.14. The SMILES string of the molecule is COCCOCCCN=C(NCCC(=O)NC(C)C)Nc1ccc(OC(C)C)cc1. The Labute approximate surface area is 180 Å². The molecule has 0 saturated carbocycles. The Morgan fingerprint density at radius 3 is 2.43 bits per heavy atom. The van der Waals surface area contributed by atoms with Gasteiger partial charge in [-0.15, -0.1) is 0 Å². The summed E-state index contributed by atoms with van der Waals surface area (Å²) in [6.45, 7) is 10.8. The Morgan fingerprint density at radius 2 is 1.80 bits per heavy atom. The van der Waals surface area contributed by atoms with Crippen molar-refractivity contribution in [2.75, 3.05) is 45.3 Å². The molecule has 0 spiro atoms. The third kappa shape index (κ3) is 13.0. The number of benzene rings is 1. The van der Waals surface area contributed by atoms with Crippen molar-refractivity contribution in [3.63, 3.8) is 0 Å². The van der Waals surface area contributed by atoms with Crippen LogP contribution in [0, 0.1) is 0 Å². The van der Waals surface area contributed by atoms with Crippen LogP contribution in [0.25, 0.3) is 0 Å². The maximum atomic E-state index is 11.9. The van der Waals surface area contributed by atoms with Crippen molar-refractivity contribution in [1.82, 2.24) is 10.6 Å². The van der Waals surface area contributed by atoms with Crippen LogP contribution in [0.15, 0.2) is 29.3 Å². The first-order chi connectivity index (χ1) is 14.4. The highest BCUT2D eigenvalue weighted by Gasteiger charge is 2.06. The predicted molar refractivity (Wildman–Crippen MR) is 121 cm³/mol. The molecule has 0 unspecified atom stereocenters. The lowest BCUT2D eigenvalue weighted by Crippen LogP contribution is -2.36. The van der Waals surface area contributed by atoms with Gasteiger partial charge in [0.25, 0.3) is 0 Å². The van der Waals surface area contributed by atoms with Crippen LogP contribution in [0.4, 0.5) is 5.69 Å². The predicted octanol–water partition coefficient (Wildman–Crippen LogP) is 2.80. The second kappa shape index (κ2) is 15.5. The number of guanidine groups is 1. The number of ether oxygens (including phenoxy) is 3. The van der Waals surface area contributed by atoms with Crippen LogP contribution in [0.2, 0.25) is 0 Å². The molecule has 3 N–H and O–H groups in total. The van der Waals surface area contributed by atoms with Gasteiger partial charge in [0.2, 0.25) is 5.91 Å². The van der Waals surface area contributed by atoms with E-state index in [-0.39, 0.29) is 18.1 Å². The molecule has 30 heavy (non-hydrogen) atoms. The standard InChI is InChI=1S/C22H38N4O4/c1-17(2)25-21(27)11-13-24-22(23-12-6-14-29-16-15-28-5)26-19-7-9-20(10-8-19)30-18(3)4/h7-10,17-18H,6,11-16H2,1-5H3,(H,25,27)(H2,23,24,26). The Bertz CT molecular complexity index is 618. The number of carbonyl (C=O) groups is 1. The molecule has 0 aliphatic rings. The second-order valence-electron chi connectivity index (χ2n) is 7.40. The Morgan fingerprint density at radius 1 is 1.07 bits per heavy atom. The topological polar surface area (TPSA) is 93.2 Å². The Kier molecular flexibility index (Phi) is 13.3. The molecule has 0 bridgehead atoms. The van der Waals surface area contributed by atoms with Gasteiger partial charge in [0.15, 0.2) is 5.96 Å². The molecule has 0 aromatic heterocycles. The number of rotatable bonds is 14. The fraction of sp³-hybridized carbons (Fsp3) is 0.636. The molecule has 0 radical (unpaired) electrons. The van der Waals surface area contributed by atoms with Crippen LogP contribution in [0.1, 0.15) is 40.5 Å². The molecule has 0 aliphatic heterocycles. The summed E-state index contributed by atoms with van der Waals surface area (Å²) in [4.78, 5) is 16.4. The summed E-state index contributed by atoms with van der Waals surface area (Å²) < 4.78 is 16.1. The number of hydrogen-bond acceptors (Lipinski definition) is 5. The van der Waals surface area contributed by atoms with Crippen LogP contribution >= 0.6 is 0 Å². The first kappa shape index (κ1) is 25.7. The zero-order valence-electron chi connectivity index (χ0n) is 19.0. The summed E-state index contributed by atoms with van der Waals surface area (Å²) in [7, 11) is 1.65. The monoisotopic (exact) mass is 422 g/mol. The van der Waals surface area contributed by atoms with Crippen molar-refractivity contribution in [2.24, 2.45) is 4.99 Å². The van der Waals surface area contributed by atoms with Crippen LogP contribution in [-0.4, -0.2) is 64.0 Å². The summed E-state index contributed by atoms with van der Waals surface area (Å²) in [6.07, 6.45) is 1.30. The van der Waals surface area contributed by atoms with E-state index in [0.717, 1.165) is 17.9 Å². The molecular weight excluding hydrogens is 384 g/mol. The van der Waals surface area contributed by atoms with Crippen molar-refractivity contribution in [3.05, 3.63) is 24.3 Å². The molecule has 1 rings (SSSR count). The van der Waals surface area contributed by atoms with E-state index in [1.54, 1.807) is 7.11 Å². The molecule has 0 heterocycles. The Balaban J connectivity index is 2.57.